The van der Waals surface area contributed by atoms with Gasteiger partial charge >= 0.3 is 6.09 Å². The molecule has 0 bridgehead atoms. The molecule has 0 radical (unpaired) electrons. The van der Waals surface area contributed by atoms with Crippen LogP contribution in [0.25, 0.3) is 0 Å². The van der Waals surface area contributed by atoms with Crippen molar-refractivity contribution >= 4 is 17.7 Å². The fourth-order valence-electron chi connectivity index (χ4n) is 3.74. The monoisotopic (exact) mass is 435 g/mol. The van der Waals surface area contributed by atoms with Gasteiger partial charge in [-0.1, -0.05) is 23.7 Å². The highest BCUT2D eigenvalue weighted by atomic mass is 35.5. The summed E-state index contributed by atoms with van der Waals surface area (Å²) >= 11 is 6.02. The lowest BCUT2D eigenvalue weighted by Crippen LogP contribution is -2.42. The van der Waals surface area contributed by atoms with E-state index in [0.717, 1.165) is 11.1 Å². The molecule has 2 aromatic carbocycles. The predicted molar refractivity (Wildman–Crippen MR) is 113 cm³/mol. The molecular formula is C23H27ClFNO4. The summed E-state index contributed by atoms with van der Waals surface area (Å²) in [6.45, 7) is 5.74. The zero-order valence-corrected chi connectivity index (χ0v) is 18.1. The maximum absolute atomic E-state index is 13.7. The van der Waals surface area contributed by atoms with Crippen LogP contribution in [0.2, 0.25) is 5.02 Å². The van der Waals surface area contributed by atoms with Gasteiger partial charge in [0.2, 0.25) is 0 Å². The van der Waals surface area contributed by atoms with Gasteiger partial charge in [0.15, 0.2) is 11.6 Å². The van der Waals surface area contributed by atoms with Gasteiger partial charge < -0.3 is 19.8 Å². The van der Waals surface area contributed by atoms with Crippen molar-refractivity contribution < 1.29 is 24.1 Å². The molecule has 0 heterocycles. The number of carbonyl (C=O) groups is 1. The summed E-state index contributed by atoms with van der Waals surface area (Å²) in [7, 11) is 0. The number of aromatic hydroxyl groups is 1. The Hall–Kier alpha value is -2.31. The number of carbonyl (C=O) groups excluding carboxylic acids is 1. The molecule has 2 unspecified atom stereocenters. The number of rotatable bonds is 5. The normalized spacial score (nSPS) is 16.8. The van der Waals surface area contributed by atoms with Crippen LogP contribution in [0.5, 0.6) is 5.75 Å². The summed E-state index contributed by atoms with van der Waals surface area (Å²) in [4.78, 5) is 14.3. The first kappa shape index (κ1) is 22.4. The van der Waals surface area contributed by atoms with E-state index in [1.165, 1.54) is 17.0 Å². The molecule has 5 nitrogen and oxygen atoms in total. The topological polar surface area (TPSA) is 70.0 Å². The van der Waals surface area contributed by atoms with E-state index in [0.29, 0.717) is 30.0 Å². The number of ether oxygens (including phenoxy) is 1. The number of hydrogen-bond acceptors (Lipinski definition) is 4. The smallest absolute Gasteiger partial charge is 0.410 e. The van der Waals surface area contributed by atoms with Crippen LogP contribution in [-0.2, 0) is 17.6 Å². The van der Waals surface area contributed by atoms with Crippen molar-refractivity contribution in [3.63, 3.8) is 0 Å². The van der Waals surface area contributed by atoms with Gasteiger partial charge in [0, 0.05) is 11.6 Å². The highest BCUT2D eigenvalue weighted by Crippen LogP contribution is 2.32. The van der Waals surface area contributed by atoms with Gasteiger partial charge in [0.1, 0.15) is 5.60 Å². The van der Waals surface area contributed by atoms with E-state index in [1.807, 2.05) is 0 Å². The molecule has 2 atom stereocenters. The first-order chi connectivity index (χ1) is 14.0. The Balaban J connectivity index is 1.75. The van der Waals surface area contributed by atoms with Crippen LogP contribution >= 0.6 is 11.6 Å². The van der Waals surface area contributed by atoms with Crippen LogP contribution in [0.3, 0.4) is 0 Å². The molecule has 0 aromatic heterocycles. The lowest BCUT2D eigenvalue weighted by atomic mass is 10.0. The zero-order chi connectivity index (χ0) is 22.1. The highest BCUT2D eigenvalue weighted by molar-refractivity contribution is 6.30. The summed E-state index contributed by atoms with van der Waals surface area (Å²) < 4.78 is 19.2. The van der Waals surface area contributed by atoms with Crippen molar-refractivity contribution in [3.05, 3.63) is 63.9 Å². The lowest BCUT2D eigenvalue weighted by molar-refractivity contribution is 0.0111. The second-order valence-corrected chi connectivity index (χ2v) is 9.24. The van der Waals surface area contributed by atoms with Gasteiger partial charge in [-0.05, 0) is 80.5 Å². The van der Waals surface area contributed by atoms with Crippen molar-refractivity contribution in [2.24, 2.45) is 5.92 Å². The first-order valence-corrected chi connectivity index (χ1v) is 10.3. The van der Waals surface area contributed by atoms with Crippen LogP contribution < -0.4 is 0 Å². The van der Waals surface area contributed by atoms with Gasteiger partial charge in [-0.25, -0.2) is 9.18 Å². The predicted octanol–water partition coefficient (Wildman–Crippen LogP) is 4.87. The molecule has 30 heavy (non-hydrogen) atoms. The molecule has 162 valence electrons. The van der Waals surface area contributed by atoms with E-state index in [4.69, 9.17) is 16.3 Å². The summed E-state index contributed by atoms with van der Waals surface area (Å²) in [6, 6.07) is 9.67. The average molecular weight is 436 g/mol. The van der Waals surface area contributed by atoms with E-state index >= 15 is 0 Å². The maximum atomic E-state index is 13.7. The Morgan fingerprint density at radius 1 is 1.27 bits per heavy atom. The van der Waals surface area contributed by atoms with Crippen molar-refractivity contribution in [3.8, 4) is 5.75 Å². The van der Waals surface area contributed by atoms with Crippen molar-refractivity contribution in [1.82, 2.24) is 4.90 Å². The molecule has 0 saturated carbocycles. The standard InChI is InChI=1S/C23H27ClFNO4/c1-23(2,3)30-22(29)26(13-21(28)15-5-4-6-18(24)9-15)12-14-7-16-10-19(25)20(27)11-17(16)8-14/h4-6,9-11,14,21,27-28H,7-8,12-13H2,1-3H3. The molecule has 1 aliphatic rings. The van der Waals surface area contributed by atoms with Crippen LogP contribution in [0.15, 0.2) is 36.4 Å². The summed E-state index contributed by atoms with van der Waals surface area (Å²) in [5.41, 5.74) is 1.63. The van der Waals surface area contributed by atoms with Crippen LogP contribution in [0.4, 0.5) is 9.18 Å². The summed E-state index contributed by atoms with van der Waals surface area (Å²) in [5.74, 6) is -0.982. The third kappa shape index (κ3) is 5.64. The quantitative estimate of drug-likeness (QED) is 0.702. The number of benzene rings is 2. The number of amides is 1. The van der Waals surface area contributed by atoms with E-state index in [2.05, 4.69) is 0 Å². The van der Waals surface area contributed by atoms with Crippen LogP contribution in [-0.4, -0.2) is 39.9 Å². The number of fused-ring (bicyclic) bond motifs is 1. The largest absolute Gasteiger partial charge is 0.505 e. The van der Waals surface area contributed by atoms with E-state index in [9.17, 15) is 19.4 Å². The molecule has 0 aliphatic heterocycles. The Kier molecular flexibility index (Phi) is 6.58. The molecule has 0 fully saturated rings. The van der Waals surface area contributed by atoms with Crippen LogP contribution in [0, 0.1) is 11.7 Å². The first-order valence-electron chi connectivity index (χ1n) is 9.93. The third-order valence-electron chi connectivity index (χ3n) is 5.04. The van der Waals surface area contributed by atoms with Gasteiger partial charge in [0.25, 0.3) is 0 Å². The number of phenolic OH excluding ortho intramolecular Hbond substituents is 1. The van der Waals surface area contributed by atoms with Gasteiger partial charge in [-0.3, -0.25) is 0 Å². The minimum absolute atomic E-state index is 0.0280. The van der Waals surface area contributed by atoms with E-state index in [1.54, 1.807) is 45.0 Å². The molecular weight excluding hydrogens is 409 g/mol. The fraction of sp³-hybridized carbons (Fsp3) is 0.435. The van der Waals surface area contributed by atoms with Gasteiger partial charge in [0.05, 0.1) is 12.6 Å². The highest BCUT2D eigenvalue weighted by Gasteiger charge is 2.30. The Morgan fingerprint density at radius 2 is 1.93 bits per heavy atom. The van der Waals surface area contributed by atoms with E-state index < -0.39 is 23.6 Å². The summed E-state index contributed by atoms with van der Waals surface area (Å²) in [6.07, 6.45) is -0.260. The molecule has 2 N–H and O–H groups in total. The molecule has 7 heteroatoms. The minimum Gasteiger partial charge on any atom is -0.505 e. The maximum Gasteiger partial charge on any atom is 0.410 e. The van der Waals surface area contributed by atoms with Crippen molar-refractivity contribution in [2.75, 3.05) is 13.1 Å². The van der Waals surface area contributed by atoms with Gasteiger partial charge in [-0.2, -0.15) is 0 Å². The second kappa shape index (κ2) is 8.82. The van der Waals surface area contributed by atoms with E-state index in [-0.39, 0.29) is 18.2 Å². The number of nitrogens with zero attached hydrogens (tertiary/aromatic N) is 1. The molecule has 0 spiro atoms. The lowest BCUT2D eigenvalue weighted by Gasteiger charge is -2.30. The molecule has 2 aromatic rings. The Morgan fingerprint density at radius 3 is 2.57 bits per heavy atom. The van der Waals surface area contributed by atoms with Crippen molar-refractivity contribution in [2.45, 2.75) is 45.3 Å². The molecule has 1 aliphatic carbocycles. The summed E-state index contributed by atoms with van der Waals surface area (Å²) in [5, 5.41) is 20.8. The SMILES string of the molecule is CC(C)(C)OC(=O)N(CC1Cc2cc(O)c(F)cc2C1)CC(O)c1cccc(Cl)c1. The Labute approximate surface area is 181 Å². The van der Waals surface area contributed by atoms with Crippen molar-refractivity contribution in [1.29, 1.82) is 0 Å². The Bertz CT molecular complexity index is 897. The number of phenols is 1. The second-order valence-electron chi connectivity index (χ2n) is 8.80. The zero-order valence-electron chi connectivity index (χ0n) is 17.4. The number of hydrogen-bond donors (Lipinski definition) is 2. The molecule has 1 amide bonds. The average Bonchev–Trinajstić information content (AvgIpc) is 3.01. The molecule has 0 saturated heterocycles. The number of aliphatic hydroxyl groups is 1. The third-order valence-corrected chi connectivity index (χ3v) is 5.28. The number of aliphatic hydroxyl groups excluding tert-OH is 1. The minimum atomic E-state index is -0.929. The van der Waals surface area contributed by atoms with Crippen LogP contribution in [0.1, 0.15) is 43.6 Å². The number of halogens is 2. The van der Waals surface area contributed by atoms with Gasteiger partial charge in [-0.15, -0.1) is 0 Å². The fourth-order valence-corrected chi connectivity index (χ4v) is 3.94. The molecule has 3 rings (SSSR count).